The van der Waals surface area contributed by atoms with Crippen molar-refractivity contribution in [3.8, 4) is 0 Å². The minimum absolute atomic E-state index is 0.496. The molecule has 0 aromatic carbocycles. The van der Waals surface area contributed by atoms with E-state index < -0.39 is 0 Å². The highest BCUT2D eigenvalue weighted by molar-refractivity contribution is 4.98. The fraction of sp³-hybridized carbons (Fsp3) is 0.765. The van der Waals surface area contributed by atoms with E-state index in [1.54, 1.807) is 6.26 Å². The molecule has 1 N–H and O–H groups in total. The van der Waals surface area contributed by atoms with Crippen LogP contribution in [0.3, 0.4) is 0 Å². The van der Waals surface area contributed by atoms with Crippen LogP contribution in [-0.4, -0.2) is 12.1 Å². The first-order valence-corrected chi connectivity index (χ1v) is 7.73. The molecule has 1 saturated carbocycles. The normalized spacial score (nSPS) is 28.2. The van der Waals surface area contributed by atoms with Gasteiger partial charge >= 0.3 is 0 Å². The first kappa shape index (κ1) is 14.6. The second-order valence-corrected chi connectivity index (χ2v) is 7.30. The SMILES string of the molecule is CC1CC(NC(C)CCc2ccco2)CC(C)(C)C1. The molecular formula is C17H29NO. The van der Waals surface area contributed by atoms with E-state index in [0.717, 1.165) is 24.5 Å². The Labute approximate surface area is 118 Å². The second kappa shape index (κ2) is 6.13. The zero-order chi connectivity index (χ0) is 13.9. The lowest BCUT2D eigenvalue weighted by atomic mass is 9.70. The Morgan fingerprint density at radius 1 is 1.42 bits per heavy atom. The van der Waals surface area contributed by atoms with Crippen molar-refractivity contribution in [3.63, 3.8) is 0 Å². The predicted molar refractivity (Wildman–Crippen MR) is 80.2 cm³/mol. The third-order valence-corrected chi connectivity index (χ3v) is 4.31. The molecule has 0 bridgehead atoms. The van der Waals surface area contributed by atoms with E-state index in [0.29, 0.717) is 17.5 Å². The van der Waals surface area contributed by atoms with Gasteiger partial charge in [0.15, 0.2) is 0 Å². The molecule has 108 valence electrons. The molecule has 1 aliphatic carbocycles. The van der Waals surface area contributed by atoms with Crippen molar-refractivity contribution in [1.82, 2.24) is 5.32 Å². The van der Waals surface area contributed by atoms with E-state index in [1.165, 1.54) is 19.3 Å². The Morgan fingerprint density at radius 2 is 2.21 bits per heavy atom. The van der Waals surface area contributed by atoms with Crippen LogP contribution in [0.2, 0.25) is 0 Å². The lowest BCUT2D eigenvalue weighted by molar-refractivity contribution is 0.144. The molecule has 1 heterocycles. The molecule has 0 spiro atoms. The van der Waals surface area contributed by atoms with Gasteiger partial charge in [-0.2, -0.15) is 0 Å². The van der Waals surface area contributed by atoms with Gasteiger partial charge in [0, 0.05) is 18.5 Å². The Kier molecular flexibility index (Phi) is 4.72. The van der Waals surface area contributed by atoms with Crippen molar-refractivity contribution in [2.75, 3.05) is 0 Å². The van der Waals surface area contributed by atoms with Gasteiger partial charge in [0.2, 0.25) is 0 Å². The highest BCUT2D eigenvalue weighted by Crippen LogP contribution is 2.38. The Morgan fingerprint density at radius 3 is 2.84 bits per heavy atom. The summed E-state index contributed by atoms with van der Waals surface area (Å²) in [7, 11) is 0. The second-order valence-electron chi connectivity index (χ2n) is 7.30. The standard InChI is InChI=1S/C17H29NO/c1-13-10-15(12-17(3,4)11-13)18-14(2)7-8-16-6-5-9-19-16/h5-6,9,13-15,18H,7-8,10-12H2,1-4H3. The topological polar surface area (TPSA) is 25.2 Å². The van der Waals surface area contributed by atoms with E-state index >= 15 is 0 Å². The van der Waals surface area contributed by atoms with E-state index in [9.17, 15) is 0 Å². The highest BCUT2D eigenvalue weighted by atomic mass is 16.3. The number of aryl methyl sites for hydroxylation is 1. The summed E-state index contributed by atoms with van der Waals surface area (Å²) in [5.41, 5.74) is 0.496. The first-order chi connectivity index (χ1) is 8.94. The van der Waals surface area contributed by atoms with Gasteiger partial charge in [0.05, 0.1) is 6.26 Å². The summed E-state index contributed by atoms with van der Waals surface area (Å²) in [6, 6.07) is 5.29. The van der Waals surface area contributed by atoms with Crippen LogP contribution in [-0.2, 0) is 6.42 Å². The molecule has 2 rings (SSSR count). The van der Waals surface area contributed by atoms with Gasteiger partial charge in [-0.3, -0.25) is 0 Å². The summed E-state index contributed by atoms with van der Waals surface area (Å²) in [6.45, 7) is 9.51. The van der Waals surface area contributed by atoms with E-state index in [1.807, 2.05) is 6.07 Å². The van der Waals surface area contributed by atoms with E-state index in [2.05, 4.69) is 39.1 Å². The quantitative estimate of drug-likeness (QED) is 0.851. The minimum Gasteiger partial charge on any atom is -0.469 e. The van der Waals surface area contributed by atoms with Crippen LogP contribution in [0.5, 0.6) is 0 Å². The van der Waals surface area contributed by atoms with Crippen LogP contribution in [0.15, 0.2) is 22.8 Å². The van der Waals surface area contributed by atoms with Gasteiger partial charge in [-0.15, -0.1) is 0 Å². The molecule has 19 heavy (non-hydrogen) atoms. The smallest absolute Gasteiger partial charge is 0.103 e. The van der Waals surface area contributed by atoms with Crippen LogP contribution in [0.4, 0.5) is 0 Å². The molecule has 1 aromatic heterocycles. The first-order valence-electron chi connectivity index (χ1n) is 7.73. The Hall–Kier alpha value is -0.760. The van der Waals surface area contributed by atoms with Crippen LogP contribution >= 0.6 is 0 Å². The van der Waals surface area contributed by atoms with Gasteiger partial charge in [-0.1, -0.05) is 20.8 Å². The third-order valence-electron chi connectivity index (χ3n) is 4.31. The number of furan rings is 1. The van der Waals surface area contributed by atoms with Crippen molar-refractivity contribution in [2.24, 2.45) is 11.3 Å². The molecule has 0 radical (unpaired) electrons. The zero-order valence-corrected chi connectivity index (χ0v) is 12.9. The molecule has 0 amide bonds. The molecule has 1 aliphatic rings. The predicted octanol–water partition coefficient (Wildman–Crippen LogP) is 4.41. The molecule has 3 unspecified atom stereocenters. The molecule has 3 atom stereocenters. The van der Waals surface area contributed by atoms with Crippen LogP contribution in [0.1, 0.15) is 59.1 Å². The number of hydrogen-bond acceptors (Lipinski definition) is 2. The molecular weight excluding hydrogens is 234 g/mol. The van der Waals surface area contributed by atoms with Crippen molar-refractivity contribution in [3.05, 3.63) is 24.2 Å². The molecule has 0 saturated heterocycles. The van der Waals surface area contributed by atoms with Gasteiger partial charge in [-0.05, 0) is 56.1 Å². The number of hydrogen-bond donors (Lipinski definition) is 1. The molecule has 0 aliphatic heterocycles. The Balaban J connectivity index is 1.76. The van der Waals surface area contributed by atoms with E-state index in [-0.39, 0.29) is 0 Å². The Bertz CT molecular complexity index is 369. The van der Waals surface area contributed by atoms with Crippen molar-refractivity contribution < 1.29 is 4.42 Å². The van der Waals surface area contributed by atoms with Crippen molar-refractivity contribution in [2.45, 2.75) is 71.9 Å². The highest BCUT2D eigenvalue weighted by Gasteiger charge is 2.32. The maximum atomic E-state index is 5.40. The fourth-order valence-electron chi connectivity index (χ4n) is 3.77. The third kappa shape index (κ3) is 4.68. The minimum atomic E-state index is 0.496. The summed E-state index contributed by atoms with van der Waals surface area (Å²) in [5, 5.41) is 3.83. The zero-order valence-electron chi connectivity index (χ0n) is 12.9. The van der Waals surface area contributed by atoms with Crippen LogP contribution in [0, 0.1) is 11.3 Å². The lowest BCUT2D eigenvalue weighted by Crippen LogP contribution is -2.44. The van der Waals surface area contributed by atoms with Gasteiger partial charge < -0.3 is 9.73 Å². The van der Waals surface area contributed by atoms with Crippen LogP contribution < -0.4 is 5.32 Å². The summed E-state index contributed by atoms with van der Waals surface area (Å²) in [4.78, 5) is 0. The average molecular weight is 263 g/mol. The van der Waals surface area contributed by atoms with Gasteiger partial charge in [0.1, 0.15) is 5.76 Å². The summed E-state index contributed by atoms with van der Waals surface area (Å²) in [6.07, 6.45) is 7.95. The van der Waals surface area contributed by atoms with Gasteiger partial charge in [0.25, 0.3) is 0 Å². The summed E-state index contributed by atoms with van der Waals surface area (Å²) >= 11 is 0. The molecule has 1 aromatic rings. The van der Waals surface area contributed by atoms with Crippen molar-refractivity contribution in [1.29, 1.82) is 0 Å². The largest absolute Gasteiger partial charge is 0.469 e. The van der Waals surface area contributed by atoms with Crippen molar-refractivity contribution >= 4 is 0 Å². The molecule has 1 fully saturated rings. The molecule has 2 heteroatoms. The maximum absolute atomic E-state index is 5.40. The van der Waals surface area contributed by atoms with E-state index in [4.69, 9.17) is 4.42 Å². The number of nitrogens with one attached hydrogen (secondary N) is 1. The van der Waals surface area contributed by atoms with Gasteiger partial charge in [-0.25, -0.2) is 0 Å². The average Bonchev–Trinajstić information content (AvgIpc) is 2.75. The summed E-state index contributed by atoms with van der Waals surface area (Å²) < 4.78 is 5.40. The number of rotatable bonds is 5. The van der Waals surface area contributed by atoms with Crippen LogP contribution in [0.25, 0.3) is 0 Å². The monoisotopic (exact) mass is 263 g/mol. The maximum Gasteiger partial charge on any atom is 0.103 e. The summed E-state index contributed by atoms with van der Waals surface area (Å²) in [5.74, 6) is 1.95. The lowest BCUT2D eigenvalue weighted by Gasteiger charge is -2.40. The molecule has 2 nitrogen and oxygen atoms in total. The fourth-order valence-corrected chi connectivity index (χ4v) is 3.77.